The van der Waals surface area contributed by atoms with E-state index in [2.05, 4.69) is 31.9 Å². The van der Waals surface area contributed by atoms with Crippen LogP contribution in [0.4, 0.5) is 19.2 Å². The lowest BCUT2D eigenvalue weighted by atomic mass is 10.1. The van der Waals surface area contributed by atoms with Crippen molar-refractivity contribution in [1.82, 2.24) is 31.9 Å². The third-order valence-electron chi connectivity index (χ3n) is 7.22. The van der Waals surface area contributed by atoms with Crippen LogP contribution in [0.15, 0.2) is 0 Å². The van der Waals surface area contributed by atoms with Crippen molar-refractivity contribution in [2.45, 2.75) is 181 Å². The molecule has 0 radical (unpaired) electrons. The Morgan fingerprint density at radius 2 is 0.684 bits per heavy atom. The van der Waals surface area contributed by atoms with Gasteiger partial charge in [0.1, 0.15) is 40.5 Å². The van der Waals surface area contributed by atoms with Crippen molar-refractivity contribution in [3.63, 3.8) is 0 Å². The number of nitrogens with one attached hydrogen (secondary N) is 6. The highest BCUT2D eigenvalue weighted by Gasteiger charge is 2.27. The topological polar surface area (TPSA) is 238 Å². The van der Waals surface area contributed by atoms with Gasteiger partial charge < -0.3 is 55.6 Å². The Kier molecular flexibility index (Phi) is 23.0. The van der Waals surface area contributed by atoms with Gasteiger partial charge in [-0.2, -0.15) is 0 Å². The summed E-state index contributed by atoms with van der Waals surface area (Å²) in [5.74, 6) is -1.48. The molecule has 6 amide bonds. The number of rotatable bonds is 21. The van der Waals surface area contributed by atoms with Gasteiger partial charge >= 0.3 is 30.3 Å². The van der Waals surface area contributed by atoms with Crippen LogP contribution in [-0.4, -0.2) is 109 Å². The van der Waals surface area contributed by atoms with Gasteiger partial charge in [-0.15, -0.1) is 0 Å². The van der Waals surface area contributed by atoms with Gasteiger partial charge in [-0.25, -0.2) is 24.0 Å². The Morgan fingerprint density at radius 3 is 1.00 bits per heavy atom. The van der Waals surface area contributed by atoms with Crippen molar-refractivity contribution >= 4 is 42.2 Å². The molecule has 0 rings (SSSR count). The van der Waals surface area contributed by atoms with E-state index in [9.17, 15) is 33.6 Å². The van der Waals surface area contributed by atoms with E-state index in [-0.39, 0.29) is 32.4 Å². The van der Waals surface area contributed by atoms with Gasteiger partial charge in [0.15, 0.2) is 0 Å². The van der Waals surface area contributed by atoms with Crippen molar-refractivity contribution in [2.75, 3.05) is 26.7 Å². The smallest absolute Gasteiger partial charge is 0.408 e. The van der Waals surface area contributed by atoms with E-state index >= 15 is 0 Å². The van der Waals surface area contributed by atoms with Gasteiger partial charge in [-0.3, -0.25) is 9.59 Å². The Labute approximate surface area is 339 Å². The maximum absolute atomic E-state index is 13.2. The fourth-order valence-electron chi connectivity index (χ4n) is 4.87. The standard InChI is InChI=1S/C39H72N6O12/c1-36(2,3)54-32(49)42-25-19-15-21-27(44-34(51)56-38(7,8)9)30(47)40-23-17-14-20-26(43-33(50)55-37(4,5)6)29(46)41-24-18-16-22-28(31(48)53-13)45-35(52)57-39(10,11)12/h26-28H,14-25H2,1-13H3,(H,40,47)(H,41,46)(H,42,49)(H,43,50)(H,44,51)(H,45,52). The summed E-state index contributed by atoms with van der Waals surface area (Å²) in [5.41, 5.74) is -2.94. The number of carbonyl (C=O) groups excluding carboxylic acids is 7. The predicted octanol–water partition coefficient (Wildman–Crippen LogP) is 5.11. The molecule has 18 heteroatoms. The number of hydrogen-bond acceptors (Lipinski definition) is 12. The van der Waals surface area contributed by atoms with E-state index in [1.807, 2.05) is 0 Å². The van der Waals surface area contributed by atoms with Crippen LogP contribution in [0.5, 0.6) is 0 Å². The zero-order chi connectivity index (χ0) is 44.0. The summed E-state index contributed by atoms with van der Waals surface area (Å²) in [6.07, 6.45) is 0.802. The molecule has 3 unspecified atom stereocenters. The molecule has 0 saturated carbocycles. The lowest BCUT2D eigenvalue weighted by Gasteiger charge is -2.24. The first-order valence-electron chi connectivity index (χ1n) is 19.7. The summed E-state index contributed by atoms with van der Waals surface area (Å²) in [5, 5.41) is 16.1. The Hall–Kier alpha value is -4.51. The van der Waals surface area contributed by atoms with Gasteiger partial charge in [0.2, 0.25) is 11.8 Å². The minimum Gasteiger partial charge on any atom is -0.467 e. The van der Waals surface area contributed by atoms with Crippen LogP contribution in [0.2, 0.25) is 0 Å². The molecule has 0 aromatic carbocycles. The second kappa shape index (κ2) is 25.0. The van der Waals surface area contributed by atoms with Crippen LogP contribution >= 0.6 is 0 Å². The van der Waals surface area contributed by atoms with Crippen LogP contribution in [0.1, 0.15) is 141 Å². The summed E-state index contributed by atoms with van der Waals surface area (Å²) < 4.78 is 26.0. The number of esters is 1. The van der Waals surface area contributed by atoms with Crippen molar-refractivity contribution < 1.29 is 57.2 Å². The monoisotopic (exact) mass is 817 g/mol. The molecule has 18 nitrogen and oxygen atoms in total. The van der Waals surface area contributed by atoms with Gasteiger partial charge in [0.25, 0.3) is 0 Å². The maximum atomic E-state index is 13.2. The Morgan fingerprint density at radius 1 is 0.404 bits per heavy atom. The molecule has 0 saturated heterocycles. The maximum Gasteiger partial charge on any atom is 0.408 e. The molecule has 0 heterocycles. The molecular weight excluding hydrogens is 744 g/mol. The number of methoxy groups -OCH3 is 1. The number of alkyl carbamates (subject to hydrolysis) is 4. The summed E-state index contributed by atoms with van der Waals surface area (Å²) in [7, 11) is 1.22. The molecular formula is C39H72N6O12. The number of ether oxygens (including phenoxy) is 5. The average Bonchev–Trinajstić information content (AvgIpc) is 3.02. The Balaban J connectivity index is 5.23. The summed E-state index contributed by atoms with van der Waals surface area (Å²) in [6.45, 7) is 21.4. The molecule has 57 heavy (non-hydrogen) atoms. The second-order valence-corrected chi connectivity index (χ2v) is 17.6. The first-order chi connectivity index (χ1) is 26.1. The molecule has 0 spiro atoms. The lowest BCUT2D eigenvalue weighted by Crippen LogP contribution is -2.49. The summed E-state index contributed by atoms with van der Waals surface area (Å²) in [4.78, 5) is 87.9. The molecule has 6 N–H and O–H groups in total. The molecule has 0 aromatic rings. The van der Waals surface area contributed by atoms with Crippen molar-refractivity contribution in [2.24, 2.45) is 0 Å². The SMILES string of the molecule is COC(=O)C(CCCCNC(=O)C(CCCCNC(=O)C(CCCCNC(=O)OC(C)(C)C)NC(=O)OC(C)(C)C)NC(=O)OC(C)(C)C)NC(=O)OC(C)(C)C. The fourth-order valence-corrected chi connectivity index (χ4v) is 4.87. The lowest BCUT2D eigenvalue weighted by molar-refractivity contribution is -0.143. The first-order valence-corrected chi connectivity index (χ1v) is 19.7. The van der Waals surface area contributed by atoms with Crippen LogP contribution in [0, 0.1) is 0 Å². The van der Waals surface area contributed by atoms with E-state index in [0.29, 0.717) is 45.1 Å². The van der Waals surface area contributed by atoms with Gasteiger partial charge in [0.05, 0.1) is 7.11 Å². The zero-order valence-electron chi connectivity index (χ0n) is 36.6. The van der Waals surface area contributed by atoms with Crippen LogP contribution < -0.4 is 31.9 Å². The third-order valence-corrected chi connectivity index (χ3v) is 7.22. The van der Waals surface area contributed by atoms with Gasteiger partial charge in [0, 0.05) is 19.6 Å². The zero-order valence-corrected chi connectivity index (χ0v) is 36.6. The van der Waals surface area contributed by atoms with Crippen LogP contribution in [-0.2, 0) is 38.1 Å². The van der Waals surface area contributed by atoms with Gasteiger partial charge in [-0.1, -0.05) is 0 Å². The molecule has 0 aromatic heterocycles. The highest BCUT2D eigenvalue weighted by atomic mass is 16.6. The number of unbranched alkanes of at least 4 members (excludes halogenated alkanes) is 3. The highest BCUT2D eigenvalue weighted by molar-refractivity contribution is 5.86. The fraction of sp³-hybridized carbons (Fsp3) is 0.821. The third kappa shape index (κ3) is 29.4. The van der Waals surface area contributed by atoms with Crippen LogP contribution in [0.25, 0.3) is 0 Å². The van der Waals surface area contributed by atoms with Crippen molar-refractivity contribution in [1.29, 1.82) is 0 Å². The van der Waals surface area contributed by atoms with Crippen molar-refractivity contribution in [3.8, 4) is 0 Å². The molecule has 0 aliphatic carbocycles. The molecule has 330 valence electrons. The minimum absolute atomic E-state index is 0.227. The number of amides is 6. The molecule has 0 aliphatic rings. The normalized spacial score (nSPS) is 13.4. The van der Waals surface area contributed by atoms with E-state index in [4.69, 9.17) is 23.7 Å². The molecule has 3 atom stereocenters. The molecule has 0 aliphatic heterocycles. The number of carbonyl (C=O) groups is 7. The average molecular weight is 817 g/mol. The van der Waals surface area contributed by atoms with Gasteiger partial charge in [-0.05, 0) is 141 Å². The quantitative estimate of drug-likeness (QED) is 0.0504. The minimum atomic E-state index is -0.942. The van der Waals surface area contributed by atoms with E-state index < -0.39 is 82.7 Å². The van der Waals surface area contributed by atoms with E-state index in [0.717, 1.165) is 0 Å². The Bertz CT molecular complexity index is 1300. The first kappa shape index (κ1) is 52.5. The molecule has 0 fully saturated rings. The summed E-state index contributed by atoms with van der Waals surface area (Å²) >= 11 is 0. The van der Waals surface area contributed by atoms with Crippen LogP contribution in [0.3, 0.4) is 0 Å². The second-order valence-electron chi connectivity index (χ2n) is 17.6. The van der Waals surface area contributed by atoms with Crippen molar-refractivity contribution in [3.05, 3.63) is 0 Å². The predicted molar refractivity (Wildman–Crippen MR) is 213 cm³/mol. The van der Waals surface area contributed by atoms with E-state index in [1.165, 1.54) is 7.11 Å². The largest absolute Gasteiger partial charge is 0.467 e. The highest BCUT2D eigenvalue weighted by Crippen LogP contribution is 2.12. The number of hydrogen-bond donors (Lipinski definition) is 6. The summed E-state index contributed by atoms with van der Waals surface area (Å²) in [6, 6.07) is -2.77. The van der Waals surface area contributed by atoms with E-state index in [1.54, 1.807) is 83.1 Å². The molecule has 0 bridgehead atoms.